The highest BCUT2D eigenvalue weighted by Gasteiger charge is 2.16. The lowest BCUT2D eigenvalue weighted by atomic mass is 10.4. The molecular formula is C12H18ClN3O2S. The van der Waals surface area contributed by atoms with E-state index >= 15 is 0 Å². The van der Waals surface area contributed by atoms with Gasteiger partial charge in [-0.2, -0.15) is 0 Å². The zero-order valence-corrected chi connectivity index (χ0v) is 12.3. The molecule has 1 aromatic rings. The van der Waals surface area contributed by atoms with Gasteiger partial charge in [0, 0.05) is 19.3 Å². The lowest BCUT2D eigenvalue weighted by molar-refractivity contribution is 0.344. The topological polar surface area (TPSA) is 62.3 Å². The second kappa shape index (κ2) is 6.65. The van der Waals surface area contributed by atoms with Gasteiger partial charge in [0.25, 0.3) is 0 Å². The Bertz CT molecular complexity index is 498. The third-order valence-electron chi connectivity index (χ3n) is 3.16. The first-order valence-electron chi connectivity index (χ1n) is 6.35. The van der Waals surface area contributed by atoms with Crippen molar-refractivity contribution in [1.82, 2.24) is 14.6 Å². The lowest BCUT2D eigenvalue weighted by Crippen LogP contribution is -2.33. The Labute approximate surface area is 119 Å². The van der Waals surface area contributed by atoms with Crippen LogP contribution in [-0.2, 0) is 15.9 Å². The largest absolute Gasteiger partial charge is 0.302 e. The number of hydrogen-bond acceptors (Lipinski definition) is 4. The number of aromatic nitrogens is 1. The second-order valence-electron chi connectivity index (χ2n) is 4.57. The van der Waals surface area contributed by atoms with E-state index in [2.05, 4.69) is 14.6 Å². The van der Waals surface area contributed by atoms with Gasteiger partial charge in [0.15, 0.2) is 0 Å². The van der Waals surface area contributed by atoms with E-state index in [0.717, 1.165) is 19.6 Å². The van der Waals surface area contributed by atoms with Gasteiger partial charge in [-0.1, -0.05) is 0 Å². The van der Waals surface area contributed by atoms with Crippen molar-refractivity contribution in [1.29, 1.82) is 0 Å². The van der Waals surface area contributed by atoms with E-state index < -0.39 is 10.0 Å². The maximum absolute atomic E-state index is 12.0. The van der Waals surface area contributed by atoms with E-state index in [4.69, 9.17) is 11.6 Å². The van der Waals surface area contributed by atoms with Crippen LogP contribution in [-0.4, -0.2) is 44.5 Å². The monoisotopic (exact) mass is 303 g/mol. The number of nitrogens with zero attached hydrogens (tertiary/aromatic N) is 2. The number of nitrogens with one attached hydrogen (secondary N) is 1. The summed E-state index contributed by atoms with van der Waals surface area (Å²) in [6.45, 7) is 3.31. The molecule has 0 aliphatic carbocycles. The second-order valence-corrected chi connectivity index (χ2v) is 6.60. The van der Waals surface area contributed by atoms with E-state index in [1.807, 2.05) is 0 Å². The Morgan fingerprint density at radius 3 is 2.63 bits per heavy atom. The van der Waals surface area contributed by atoms with Gasteiger partial charge < -0.3 is 4.90 Å². The fraction of sp³-hybridized carbons (Fsp3) is 0.583. The van der Waals surface area contributed by atoms with Crippen LogP contribution >= 0.6 is 11.6 Å². The quantitative estimate of drug-likeness (QED) is 0.802. The number of rotatable bonds is 6. The lowest BCUT2D eigenvalue weighted by Gasteiger charge is -2.14. The van der Waals surface area contributed by atoms with E-state index in [1.165, 1.54) is 25.1 Å². The van der Waals surface area contributed by atoms with Gasteiger partial charge in [-0.15, -0.1) is 11.6 Å². The summed E-state index contributed by atoms with van der Waals surface area (Å²) >= 11 is 5.62. The van der Waals surface area contributed by atoms with Crippen LogP contribution < -0.4 is 4.72 Å². The summed E-state index contributed by atoms with van der Waals surface area (Å²) < 4.78 is 26.6. The zero-order chi connectivity index (χ0) is 13.7. The molecule has 1 saturated heterocycles. The number of halogens is 1. The number of sulfonamides is 1. The fourth-order valence-corrected chi connectivity index (χ4v) is 3.20. The third kappa shape index (κ3) is 4.14. The van der Waals surface area contributed by atoms with Crippen molar-refractivity contribution in [2.45, 2.75) is 23.6 Å². The molecule has 1 aliphatic heterocycles. The van der Waals surface area contributed by atoms with Crippen molar-refractivity contribution >= 4 is 21.6 Å². The van der Waals surface area contributed by atoms with Crippen molar-refractivity contribution < 1.29 is 8.42 Å². The van der Waals surface area contributed by atoms with Crippen LogP contribution in [0.15, 0.2) is 23.2 Å². The smallest absolute Gasteiger partial charge is 0.242 e. The molecule has 0 saturated carbocycles. The molecule has 0 spiro atoms. The van der Waals surface area contributed by atoms with Gasteiger partial charge >= 0.3 is 0 Å². The summed E-state index contributed by atoms with van der Waals surface area (Å²) in [5.41, 5.74) is 0.665. The molecule has 106 valence electrons. The molecule has 5 nitrogen and oxygen atoms in total. The molecule has 1 fully saturated rings. The summed E-state index contributed by atoms with van der Waals surface area (Å²) in [6.07, 6.45) is 3.75. The van der Waals surface area contributed by atoms with Crippen molar-refractivity contribution in [2.75, 3.05) is 26.2 Å². The van der Waals surface area contributed by atoms with Gasteiger partial charge in [-0.3, -0.25) is 4.98 Å². The first-order valence-corrected chi connectivity index (χ1v) is 8.36. The highest BCUT2D eigenvalue weighted by Crippen LogP contribution is 2.09. The molecule has 0 atom stereocenters. The first-order chi connectivity index (χ1) is 9.12. The maximum Gasteiger partial charge on any atom is 0.242 e. The third-order valence-corrected chi connectivity index (χ3v) is 4.88. The Morgan fingerprint density at radius 1 is 1.32 bits per heavy atom. The average Bonchev–Trinajstić information content (AvgIpc) is 2.92. The van der Waals surface area contributed by atoms with Crippen molar-refractivity contribution in [3.63, 3.8) is 0 Å². The zero-order valence-electron chi connectivity index (χ0n) is 10.7. The number of alkyl halides is 1. The predicted molar refractivity (Wildman–Crippen MR) is 74.7 cm³/mol. The van der Waals surface area contributed by atoms with Gasteiger partial charge in [0.2, 0.25) is 10.0 Å². The van der Waals surface area contributed by atoms with Crippen molar-refractivity contribution in [3.05, 3.63) is 24.0 Å². The first kappa shape index (κ1) is 14.7. The predicted octanol–water partition coefficient (Wildman–Crippen LogP) is 1.19. The van der Waals surface area contributed by atoms with E-state index in [1.54, 1.807) is 6.07 Å². The molecule has 1 aromatic heterocycles. The number of likely N-dealkylation sites (tertiary alicyclic amines) is 1. The van der Waals surface area contributed by atoms with E-state index in [0.29, 0.717) is 12.2 Å². The SMILES string of the molecule is O=S(=O)(NCCN1CCCC1)c1ccc(CCl)nc1. The van der Waals surface area contributed by atoms with Crippen LogP contribution in [0.1, 0.15) is 18.5 Å². The Hall–Kier alpha value is -0.690. The van der Waals surface area contributed by atoms with Crippen LogP contribution in [0, 0.1) is 0 Å². The van der Waals surface area contributed by atoms with Crippen LogP contribution in [0.3, 0.4) is 0 Å². The fourth-order valence-electron chi connectivity index (χ4n) is 2.08. The van der Waals surface area contributed by atoms with Gasteiger partial charge in [-0.25, -0.2) is 13.1 Å². The molecule has 1 N–H and O–H groups in total. The Morgan fingerprint density at radius 2 is 2.05 bits per heavy atom. The molecule has 1 aliphatic rings. The van der Waals surface area contributed by atoms with Gasteiger partial charge in [0.05, 0.1) is 11.6 Å². The number of pyridine rings is 1. The minimum absolute atomic E-state index is 0.183. The molecule has 7 heteroatoms. The van der Waals surface area contributed by atoms with Crippen LogP contribution in [0.2, 0.25) is 0 Å². The van der Waals surface area contributed by atoms with E-state index in [9.17, 15) is 8.42 Å². The summed E-state index contributed by atoms with van der Waals surface area (Å²) in [6, 6.07) is 3.16. The molecule has 2 rings (SSSR count). The average molecular weight is 304 g/mol. The molecule has 0 unspecified atom stereocenters. The molecule has 2 heterocycles. The minimum Gasteiger partial charge on any atom is -0.302 e. The molecular weight excluding hydrogens is 286 g/mol. The van der Waals surface area contributed by atoms with Crippen molar-refractivity contribution in [3.8, 4) is 0 Å². The highest BCUT2D eigenvalue weighted by molar-refractivity contribution is 7.89. The molecule has 19 heavy (non-hydrogen) atoms. The van der Waals surface area contributed by atoms with Crippen LogP contribution in [0.4, 0.5) is 0 Å². The Kier molecular flexibility index (Phi) is 5.15. The van der Waals surface area contributed by atoms with Gasteiger partial charge in [-0.05, 0) is 38.1 Å². The molecule has 0 amide bonds. The van der Waals surface area contributed by atoms with Crippen molar-refractivity contribution in [2.24, 2.45) is 0 Å². The van der Waals surface area contributed by atoms with Gasteiger partial charge in [0.1, 0.15) is 4.90 Å². The van der Waals surface area contributed by atoms with Crippen LogP contribution in [0.25, 0.3) is 0 Å². The molecule has 0 bridgehead atoms. The standard InChI is InChI=1S/C12H18ClN3O2S/c13-9-11-3-4-12(10-14-11)19(17,18)15-5-8-16-6-1-2-7-16/h3-4,10,15H,1-2,5-9H2. The number of hydrogen-bond donors (Lipinski definition) is 1. The minimum atomic E-state index is -3.46. The summed E-state index contributed by atoms with van der Waals surface area (Å²) in [5, 5.41) is 0. The summed E-state index contributed by atoms with van der Waals surface area (Å²) in [5.74, 6) is 0.280. The van der Waals surface area contributed by atoms with Crippen LogP contribution in [0.5, 0.6) is 0 Å². The highest BCUT2D eigenvalue weighted by atomic mass is 35.5. The molecule has 0 radical (unpaired) electrons. The summed E-state index contributed by atoms with van der Waals surface area (Å²) in [4.78, 5) is 6.43. The molecule has 0 aromatic carbocycles. The van der Waals surface area contributed by atoms with E-state index in [-0.39, 0.29) is 10.8 Å². The maximum atomic E-state index is 12.0. The Balaban J connectivity index is 1.89. The normalized spacial score (nSPS) is 16.9. The summed E-state index contributed by atoms with van der Waals surface area (Å²) in [7, 11) is -3.46.